The number of nitrogens with zero attached hydrogens (tertiary/aromatic N) is 2. The fraction of sp³-hybridized carbons (Fsp3) is 0.429. The van der Waals surface area contributed by atoms with E-state index >= 15 is 0 Å². The largest absolute Gasteiger partial charge is 0.381 e. The van der Waals surface area contributed by atoms with E-state index in [4.69, 9.17) is 21.1 Å². The number of carbonyl (C=O) groups excluding carboxylic acids is 1. The van der Waals surface area contributed by atoms with Crippen LogP contribution in [0.4, 0.5) is 11.5 Å². The van der Waals surface area contributed by atoms with Crippen LogP contribution in [0.3, 0.4) is 0 Å². The number of aromatic nitrogens is 1. The second-order valence-corrected chi connectivity index (χ2v) is 7.54. The summed E-state index contributed by atoms with van der Waals surface area (Å²) in [7, 11) is 0. The molecule has 0 spiro atoms. The number of morpholine rings is 1. The van der Waals surface area contributed by atoms with Gasteiger partial charge >= 0.3 is 0 Å². The smallest absolute Gasteiger partial charge is 0.236 e. The summed E-state index contributed by atoms with van der Waals surface area (Å²) in [5.41, 5.74) is 1.18. The molecule has 3 heterocycles. The first-order valence-corrected chi connectivity index (χ1v) is 10.00. The summed E-state index contributed by atoms with van der Waals surface area (Å²) in [5, 5.41) is 3.61. The van der Waals surface area contributed by atoms with Crippen LogP contribution >= 0.6 is 11.6 Å². The van der Waals surface area contributed by atoms with E-state index in [1.54, 1.807) is 6.20 Å². The van der Waals surface area contributed by atoms with Gasteiger partial charge in [0.1, 0.15) is 5.82 Å². The second-order valence-electron chi connectivity index (χ2n) is 7.13. The van der Waals surface area contributed by atoms with Crippen LogP contribution in [0.5, 0.6) is 0 Å². The lowest BCUT2D eigenvalue weighted by atomic mass is 9.73. The van der Waals surface area contributed by atoms with Gasteiger partial charge in [0, 0.05) is 31.3 Å². The lowest BCUT2D eigenvalue weighted by Gasteiger charge is -2.36. The van der Waals surface area contributed by atoms with Gasteiger partial charge < -0.3 is 19.7 Å². The molecule has 0 bridgehead atoms. The maximum atomic E-state index is 13.3. The number of halogens is 1. The van der Waals surface area contributed by atoms with Crippen molar-refractivity contribution in [1.29, 1.82) is 0 Å². The first-order chi connectivity index (χ1) is 13.7. The maximum absolute atomic E-state index is 13.3. The average molecular weight is 402 g/mol. The summed E-state index contributed by atoms with van der Waals surface area (Å²) < 4.78 is 10.9. The van der Waals surface area contributed by atoms with Crippen LogP contribution in [-0.2, 0) is 19.7 Å². The van der Waals surface area contributed by atoms with E-state index < -0.39 is 5.41 Å². The molecule has 1 amide bonds. The molecule has 2 aliphatic rings. The van der Waals surface area contributed by atoms with E-state index in [1.807, 2.05) is 36.4 Å². The Morgan fingerprint density at radius 1 is 1.04 bits per heavy atom. The molecule has 2 saturated heterocycles. The van der Waals surface area contributed by atoms with Crippen LogP contribution in [-0.4, -0.2) is 50.4 Å². The van der Waals surface area contributed by atoms with E-state index in [2.05, 4.69) is 15.2 Å². The predicted octanol–water partition coefficient (Wildman–Crippen LogP) is 3.26. The minimum atomic E-state index is -0.707. The Bertz CT molecular complexity index is 816. The third-order valence-corrected chi connectivity index (χ3v) is 5.87. The third kappa shape index (κ3) is 3.85. The van der Waals surface area contributed by atoms with Crippen LogP contribution in [0.15, 0.2) is 42.6 Å². The number of hydrogen-bond acceptors (Lipinski definition) is 5. The van der Waals surface area contributed by atoms with Crippen molar-refractivity contribution in [3.63, 3.8) is 0 Å². The lowest BCUT2D eigenvalue weighted by molar-refractivity contribution is -0.125. The Balaban J connectivity index is 1.54. The first-order valence-electron chi connectivity index (χ1n) is 9.62. The first kappa shape index (κ1) is 19.2. The zero-order chi connectivity index (χ0) is 19.4. The predicted molar refractivity (Wildman–Crippen MR) is 109 cm³/mol. The molecule has 0 radical (unpaired) electrons. The summed E-state index contributed by atoms with van der Waals surface area (Å²) in [5.74, 6) is 0.454. The Hall–Kier alpha value is -2.15. The van der Waals surface area contributed by atoms with Crippen molar-refractivity contribution in [2.24, 2.45) is 0 Å². The molecule has 0 aliphatic carbocycles. The molecular weight excluding hydrogens is 378 g/mol. The van der Waals surface area contributed by atoms with Gasteiger partial charge in [0.25, 0.3) is 0 Å². The summed E-state index contributed by atoms with van der Waals surface area (Å²) in [6.07, 6.45) is 2.98. The van der Waals surface area contributed by atoms with Gasteiger partial charge in [-0.2, -0.15) is 0 Å². The number of carbonyl (C=O) groups is 1. The molecule has 1 N–H and O–H groups in total. The molecule has 2 aromatic rings. The van der Waals surface area contributed by atoms with Crippen LogP contribution in [0.25, 0.3) is 0 Å². The minimum absolute atomic E-state index is 0.0875. The lowest BCUT2D eigenvalue weighted by Crippen LogP contribution is -2.45. The average Bonchev–Trinajstić information content (AvgIpc) is 2.76. The number of ether oxygens (including phenoxy) is 2. The molecule has 2 fully saturated rings. The molecule has 28 heavy (non-hydrogen) atoms. The maximum Gasteiger partial charge on any atom is 0.236 e. The van der Waals surface area contributed by atoms with Crippen molar-refractivity contribution in [3.8, 4) is 0 Å². The topological polar surface area (TPSA) is 63.7 Å². The van der Waals surface area contributed by atoms with Crippen molar-refractivity contribution < 1.29 is 14.3 Å². The van der Waals surface area contributed by atoms with Gasteiger partial charge in [0.05, 0.1) is 30.5 Å². The van der Waals surface area contributed by atoms with Gasteiger partial charge in [-0.1, -0.05) is 29.8 Å². The van der Waals surface area contributed by atoms with E-state index in [0.29, 0.717) is 36.9 Å². The SMILES string of the molecule is O=C(Nc1ccc(N2CCOCC2)cn1)C1(c2ccccc2Cl)CCOCC1. The molecule has 7 heteroatoms. The van der Waals surface area contributed by atoms with Crippen molar-refractivity contribution >= 4 is 29.0 Å². The van der Waals surface area contributed by atoms with E-state index in [-0.39, 0.29) is 5.91 Å². The van der Waals surface area contributed by atoms with E-state index in [1.165, 1.54) is 0 Å². The number of pyridine rings is 1. The van der Waals surface area contributed by atoms with Gasteiger partial charge in [0.2, 0.25) is 5.91 Å². The van der Waals surface area contributed by atoms with Crippen molar-refractivity contribution in [2.45, 2.75) is 18.3 Å². The standard InChI is InChI=1S/C21H24ClN3O3/c22-18-4-2-1-3-17(18)21(7-11-27-12-8-21)20(26)24-19-6-5-16(15-23-19)25-9-13-28-14-10-25/h1-6,15H,7-14H2,(H,23,24,26). The Kier molecular flexibility index (Phi) is 5.80. The van der Waals surface area contributed by atoms with Crippen LogP contribution < -0.4 is 10.2 Å². The van der Waals surface area contributed by atoms with Crippen LogP contribution in [0, 0.1) is 0 Å². The number of anilines is 2. The molecule has 6 nitrogen and oxygen atoms in total. The van der Waals surface area contributed by atoms with Crippen molar-refractivity contribution in [3.05, 3.63) is 53.2 Å². The number of amides is 1. The summed E-state index contributed by atoms with van der Waals surface area (Å²) in [4.78, 5) is 20.0. The summed E-state index contributed by atoms with van der Waals surface area (Å²) in [6, 6.07) is 11.4. The summed E-state index contributed by atoms with van der Waals surface area (Å²) in [6.45, 7) is 4.21. The second kappa shape index (κ2) is 8.47. The molecule has 1 aromatic heterocycles. The zero-order valence-corrected chi connectivity index (χ0v) is 16.5. The fourth-order valence-corrected chi connectivity index (χ4v) is 4.21. The van der Waals surface area contributed by atoms with Crippen LogP contribution in [0.1, 0.15) is 18.4 Å². The molecule has 0 saturated carbocycles. The van der Waals surface area contributed by atoms with Crippen molar-refractivity contribution in [1.82, 2.24) is 4.98 Å². The normalized spacial score (nSPS) is 19.2. The minimum Gasteiger partial charge on any atom is -0.381 e. The molecule has 4 rings (SSSR count). The molecule has 0 unspecified atom stereocenters. The van der Waals surface area contributed by atoms with Gasteiger partial charge in [0.15, 0.2) is 0 Å². The molecular formula is C21H24ClN3O3. The highest BCUT2D eigenvalue weighted by Crippen LogP contribution is 2.39. The third-order valence-electron chi connectivity index (χ3n) is 5.54. The Morgan fingerprint density at radius 2 is 1.75 bits per heavy atom. The monoisotopic (exact) mass is 401 g/mol. The van der Waals surface area contributed by atoms with Gasteiger partial charge in [-0.15, -0.1) is 0 Å². The number of nitrogens with one attached hydrogen (secondary N) is 1. The van der Waals surface area contributed by atoms with Crippen LogP contribution in [0.2, 0.25) is 5.02 Å². The zero-order valence-electron chi connectivity index (χ0n) is 15.7. The Morgan fingerprint density at radius 3 is 2.43 bits per heavy atom. The highest BCUT2D eigenvalue weighted by molar-refractivity contribution is 6.31. The number of hydrogen-bond donors (Lipinski definition) is 1. The fourth-order valence-electron chi connectivity index (χ4n) is 3.89. The quantitative estimate of drug-likeness (QED) is 0.851. The number of benzene rings is 1. The number of rotatable bonds is 4. The molecule has 2 aliphatic heterocycles. The van der Waals surface area contributed by atoms with E-state index in [0.717, 1.165) is 37.6 Å². The Labute approximate surface area is 169 Å². The van der Waals surface area contributed by atoms with E-state index in [9.17, 15) is 4.79 Å². The van der Waals surface area contributed by atoms with Gasteiger partial charge in [-0.3, -0.25) is 4.79 Å². The molecule has 148 valence electrons. The molecule has 0 atom stereocenters. The highest BCUT2D eigenvalue weighted by Gasteiger charge is 2.43. The summed E-state index contributed by atoms with van der Waals surface area (Å²) >= 11 is 6.45. The molecule has 1 aromatic carbocycles. The van der Waals surface area contributed by atoms with Gasteiger partial charge in [-0.05, 0) is 36.6 Å². The van der Waals surface area contributed by atoms with Gasteiger partial charge in [-0.25, -0.2) is 4.98 Å². The van der Waals surface area contributed by atoms with Crippen molar-refractivity contribution in [2.75, 3.05) is 49.7 Å². The highest BCUT2D eigenvalue weighted by atomic mass is 35.5.